The molecule has 2 N–H and O–H groups in total. The Kier molecular flexibility index (Phi) is 6.21. The summed E-state index contributed by atoms with van der Waals surface area (Å²) in [6, 6.07) is 8.87. The van der Waals surface area contributed by atoms with Crippen LogP contribution in [0.15, 0.2) is 42.7 Å². The number of hydrogen-bond donors (Lipinski definition) is 2. The summed E-state index contributed by atoms with van der Waals surface area (Å²) < 4.78 is 21.6. The van der Waals surface area contributed by atoms with Gasteiger partial charge in [0.1, 0.15) is 0 Å². The number of rotatable bonds is 7. The average Bonchev–Trinajstić information content (AvgIpc) is 3.11. The molecule has 8 nitrogen and oxygen atoms in total. The third-order valence-corrected chi connectivity index (χ3v) is 5.60. The summed E-state index contributed by atoms with van der Waals surface area (Å²) in [7, 11) is 4.82. The number of amides is 1. The zero-order valence-corrected chi connectivity index (χ0v) is 18.9. The number of nitrogens with one attached hydrogen (secondary N) is 2. The highest BCUT2D eigenvalue weighted by Crippen LogP contribution is 2.25. The maximum atomic E-state index is 14.7. The van der Waals surface area contributed by atoms with Gasteiger partial charge in [-0.15, -0.1) is 0 Å². The molecule has 0 saturated heterocycles. The van der Waals surface area contributed by atoms with Crippen molar-refractivity contribution in [2.75, 3.05) is 19.5 Å². The fourth-order valence-electron chi connectivity index (χ4n) is 3.63. The second-order valence-corrected chi connectivity index (χ2v) is 7.71. The monoisotopic (exact) mass is 448 g/mol. The van der Waals surface area contributed by atoms with E-state index in [1.807, 2.05) is 36.9 Å². The van der Waals surface area contributed by atoms with E-state index < -0.39 is 5.82 Å². The highest BCUT2D eigenvalue weighted by Gasteiger charge is 2.15. The lowest BCUT2D eigenvalue weighted by molar-refractivity contribution is 0.0962. The van der Waals surface area contributed by atoms with Gasteiger partial charge in [-0.2, -0.15) is 5.10 Å². The third-order valence-electron chi connectivity index (χ3n) is 5.60. The van der Waals surface area contributed by atoms with Crippen molar-refractivity contribution in [3.8, 4) is 5.75 Å². The maximum Gasteiger partial charge on any atom is 0.251 e. The van der Waals surface area contributed by atoms with Crippen LogP contribution in [0.3, 0.4) is 0 Å². The van der Waals surface area contributed by atoms with Crippen LogP contribution in [0.25, 0.3) is 10.9 Å². The first-order valence-corrected chi connectivity index (χ1v) is 10.5. The second-order valence-electron chi connectivity index (χ2n) is 7.71. The number of fused-ring (bicyclic) bond motifs is 1. The van der Waals surface area contributed by atoms with Crippen LogP contribution in [0.5, 0.6) is 5.75 Å². The van der Waals surface area contributed by atoms with Gasteiger partial charge in [-0.3, -0.25) is 9.48 Å². The van der Waals surface area contributed by atoms with Crippen LogP contribution in [0.1, 0.15) is 27.2 Å². The molecule has 0 aliphatic carbocycles. The van der Waals surface area contributed by atoms with Crippen LogP contribution in [0.4, 0.5) is 16.0 Å². The Balaban J connectivity index is 1.45. The molecule has 0 aliphatic heterocycles. The van der Waals surface area contributed by atoms with Crippen molar-refractivity contribution in [2.24, 2.45) is 7.05 Å². The standard InChI is InChI=1S/C24H25FN6O2/c1-14-19-8-7-18(11-20(19)30-31(14)3)29-24-27-12-15(13-28-24)5-6-16-9-17(23(32)26-2)10-21(33-4)22(16)25/h7-13H,5-6H2,1-4H3,(H,26,32)(H,27,28,29). The Bertz CT molecular complexity index is 1320. The molecule has 2 aromatic heterocycles. The SMILES string of the molecule is CNC(=O)c1cc(CCc2cnc(Nc3ccc4c(C)n(C)nc4c3)nc2)c(F)c(OC)c1. The van der Waals surface area contributed by atoms with Gasteiger partial charge in [0.05, 0.1) is 12.6 Å². The average molecular weight is 449 g/mol. The molecule has 0 atom stereocenters. The number of halogens is 1. The summed E-state index contributed by atoms with van der Waals surface area (Å²) in [6.07, 6.45) is 4.29. The van der Waals surface area contributed by atoms with Gasteiger partial charge in [0, 0.05) is 48.8 Å². The molecule has 4 rings (SSSR count). The number of benzene rings is 2. The molecule has 1 amide bonds. The number of ether oxygens (including phenoxy) is 1. The highest BCUT2D eigenvalue weighted by atomic mass is 19.1. The van der Waals surface area contributed by atoms with Crippen molar-refractivity contribution >= 4 is 28.4 Å². The van der Waals surface area contributed by atoms with Gasteiger partial charge in [0.2, 0.25) is 5.95 Å². The molecule has 2 heterocycles. The van der Waals surface area contributed by atoms with E-state index in [0.717, 1.165) is 27.8 Å². The summed E-state index contributed by atoms with van der Waals surface area (Å²) in [6.45, 7) is 2.03. The van der Waals surface area contributed by atoms with Crippen molar-refractivity contribution < 1.29 is 13.9 Å². The van der Waals surface area contributed by atoms with Crippen molar-refractivity contribution in [2.45, 2.75) is 19.8 Å². The number of aromatic nitrogens is 4. The third kappa shape index (κ3) is 4.62. The fourth-order valence-corrected chi connectivity index (χ4v) is 3.63. The summed E-state index contributed by atoms with van der Waals surface area (Å²) in [5.41, 5.74) is 4.43. The molecule has 4 aromatic rings. The smallest absolute Gasteiger partial charge is 0.251 e. The Morgan fingerprint density at radius 2 is 1.91 bits per heavy atom. The van der Waals surface area contributed by atoms with E-state index >= 15 is 0 Å². The lowest BCUT2D eigenvalue weighted by Gasteiger charge is -2.11. The van der Waals surface area contributed by atoms with Gasteiger partial charge in [-0.25, -0.2) is 14.4 Å². The van der Waals surface area contributed by atoms with E-state index in [1.165, 1.54) is 20.2 Å². The minimum atomic E-state index is -0.468. The number of aryl methyl sites for hydroxylation is 4. The van der Waals surface area contributed by atoms with Crippen LogP contribution >= 0.6 is 0 Å². The number of anilines is 2. The molecule has 33 heavy (non-hydrogen) atoms. The Labute approximate surface area is 190 Å². The van der Waals surface area contributed by atoms with Gasteiger partial charge in [0.15, 0.2) is 11.6 Å². The number of methoxy groups -OCH3 is 1. The summed E-state index contributed by atoms with van der Waals surface area (Å²) in [5, 5.41) is 11.3. The number of carbonyl (C=O) groups is 1. The summed E-state index contributed by atoms with van der Waals surface area (Å²) >= 11 is 0. The van der Waals surface area contributed by atoms with Gasteiger partial charge < -0.3 is 15.4 Å². The summed E-state index contributed by atoms with van der Waals surface area (Å²) in [5.74, 6) is -0.265. The van der Waals surface area contributed by atoms with Gasteiger partial charge in [0.25, 0.3) is 5.91 Å². The highest BCUT2D eigenvalue weighted by molar-refractivity contribution is 5.94. The number of carbonyl (C=O) groups excluding carboxylic acids is 1. The zero-order chi connectivity index (χ0) is 23.5. The molecular formula is C24H25FN6O2. The fraction of sp³-hybridized carbons (Fsp3) is 0.250. The van der Waals surface area contributed by atoms with Crippen LogP contribution in [0, 0.1) is 12.7 Å². The molecule has 0 radical (unpaired) electrons. The van der Waals surface area contributed by atoms with Crippen LogP contribution in [-0.4, -0.2) is 39.8 Å². The Morgan fingerprint density at radius 3 is 2.61 bits per heavy atom. The molecule has 170 valence electrons. The van der Waals surface area contributed by atoms with E-state index in [9.17, 15) is 9.18 Å². The van der Waals surface area contributed by atoms with Crippen molar-refractivity contribution in [1.29, 1.82) is 0 Å². The van der Waals surface area contributed by atoms with Crippen LogP contribution in [-0.2, 0) is 19.9 Å². The lowest BCUT2D eigenvalue weighted by atomic mass is 10.0. The van der Waals surface area contributed by atoms with Gasteiger partial charge >= 0.3 is 0 Å². The minimum absolute atomic E-state index is 0.0435. The first-order valence-electron chi connectivity index (χ1n) is 10.5. The first kappa shape index (κ1) is 22.2. The molecular weight excluding hydrogens is 423 g/mol. The van der Waals surface area contributed by atoms with Gasteiger partial charge in [-0.1, -0.05) is 0 Å². The predicted octanol–water partition coefficient (Wildman–Crippen LogP) is 3.71. The normalized spacial score (nSPS) is 10.9. The number of nitrogens with zero attached hydrogens (tertiary/aromatic N) is 4. The van der Waals surface area contributed by atoms with Crippen LogP contribution < -0.4 is 15.4 Å². The molecule has 0 aliphatic rings. The zero-order valence-electron chi connectivity index (χ0n) is 18.9. The second kappa shape index (κ2) is 9.23. The molecule has 0 unspecified atom stereocenters. The largest absolute Gasteiger partial charge is 0.494 e. The van der Waals surface area contributed by atoms with Gasteiger partial charge in [-0.05, 0) is 61.2 Å². The Morgan fingerprint density at radius 1 is 1.15 bits per heavy atom. The summed E-state index contributed by atoms with van der Waals surface area (Å²) in [4.78, 5) is 20.7. The molecule has 0 saturated carbocycles. The first-order chi connectivity index (χ1) is 15.9. The quantitative estimate of drug-likeness (QED) is 0.448. The maximum absolute atomic E-state index is 14.7. The van der Waals surface area contributed by atoms with Crippen molar-refractivity contribution in [3.63, 3.8) is 0 Å². The van der Waals surface area contributed by atoms with Crippen molar-refractivity contribution in [3.05, 3.63) is 70.9 Å². The van der Waals surface area contributed by atoms with Crippen molar-refractivity contribution in [1.82, 2.24) is 25.1 Å². The molecule has 0 fully saturated rings. The Hall–Kier alpha value is -4.01. The van der Waals surface area contributed by atoms with E-state index in [0.29, 0.717) is 29.9 Å². The number of hydrogen-bond acceptors (Lipinski definition) is 6. The molecule has 9 heteroatoms. The molecule has 0 spiro atoms. The van der Waals surface area contributed by atoms with E-state index in [2.05, 4.69) is 25.7 Å². The van der Waals surface area contributed by atoms with E-state index in [-0.39, 0.29) is 11.7 Å². The van der Waals surface area contributed by atoms with Crippen LogP contribution in [0.2, 0.25) is 0 Å². The molecule has 2 aromatic carbocycles. The van der Waals surface area contributed by atoms with E-state index in [1.54, 1.807) is 18.5 Å². The van der Waals surface area contributed by atoms with E-state index in [4.69, 9.17) is 4.74 Å². The topological polar surface area (TPSA) is 94.0 Å². The molecule has 0 bridgehead atoms. The lowest BCUT2D eigenvalue weighted by Crippen LogP contribution is -2.18. The minimum Gasteiger partial charge on any atom is -0.494 e. The predicted molar refractivity (Wildman–Crippen MR) is 125 cm³/mol.